The molecule has 0 aliphatic heterocycles. The average molecular weight is 268 g/mol. The van der Waals surface area contributed by atoms with E-state index in [1.54, 1.807) is 14.2 Å². The van der Waals surface area contributed by atoms with Gasteiger partial charge in [-0.3, -0.25) is 4.79 Å². The lowest BCUT2D eigenvalue weighted by molar-refractivity contribution is -0.117. The zero-order valence-electron chi connectivity index (χ0n) is 12.8. The average Bonchev–Trinajstić information content (AvgIpc) is 2.38. The summed E-state index contributed by atoms with van der Waals surface area (Å²) in [4.78, 5) is 11.8. The first-order valence-electron chi connectivity index (χ1n) is 7.26. The van der Waals surface area contributed by atoms with Crippen molar-refractivity contribution in [2.75, 3.05) is 14.2 Å². The molecule has 1 rings (SSSR count). The number of hydrogen-bond acceptors (Lipinski definition) is 3. The second-order valence-corrected chi connectivity index (χ2v) is 6.18. The fourth-order valence-corrected chi connectivity index (χ4v) is 2.56. The first kappa shape index (κ1) is 16.4. The van der Waals surface area contributed by atoms with E-state index in [0.717, 1.165) is 44.1 Å². The summed E-state index contributed by atoms with van der Waals surface area (Å²) < 4.78 is 10.3. The first-order chi connectivity index (χ1) is 8.98. The van der Waals surface area contributed by atoms with Crippen molar-refractivity contribution in [1.82, 2.24) is 0 Å². The molecule has 0 bridgehead atoms. The summed E-state index contributed by atoms with van der Waals surface area (Å²) in [7, 11) is 3.33. The minimum absolute atomic E-state index is 0.0945. The molecular formula is C16H28O3. The highest BCUT2D eigenvalue weighted by atomic mass is 16.7. The van der Waals surface area contributed by atoms with Gasteiger partial charge in [0.2, 0.25) is 0 Å². The Hall–Kier alpha value is -0.670. The van der Waals surface area contributed by atoms with Crippen molar-refractivity contribution < 1.29 is 14.3 Å². The number of ketones is 1. The molecule has 0 aromatic rings. The van der Waals surface area contributed by atoms with Gasteiger partial charge in [-0.15, -0.1) is 0 Å². The summed E-state index contributed by atoms with van der Waals surface area (Å²) in [5, 5.41) is 0. The standard InChI is InChI=1S/C16H28O3/c1-16(2)11-10-14(17)13(12-16)8-6-5-7-9-15(18-3)19-4/h8,15H,5-7,9-12H2,1-4H3/b13-8-. The zero-order valence-corrected chi connectivity index (χ0v) is 12.8. The molecule has 0 spiro atoms. The molecule has 1 aliphatic carbocycles. The molecule has 0 heterocycles. The molecule has 0 atom stereocenters. The first-order valence-corrected chi connectivity index (χ1v) is 7.26. The van der Waals surface area contributed by atoms with Gasteiger partial charge in [0.1, 0.15) is 0 Å². The number of rotatable bonds is 7. The maximum atomic E-state index is 11.8. The van der Waals surface area contributed by atoms with E-state index < -0.39 is 0 Å². The Labute approximate surface area is 117 Å². The van der Waals surface area contributed by atoms with Gasteiger partial charge in [-0.05, 0) is 49.5 Å². The Balaban J connectivity index is 2.29. The Kier molecular flexibility index (Phi) is 6.73. The van der Waals surface area contributed by atoms with Crippen LogP contribution in [0.3, 0.4) is 0 Å². The van der Waals surface area contributed by atoms with Gasteiger partial charge in [-0.2, -0.15) is 0 Å². The summed E-state index contributed by atoms with van der Waals surface area (Å²) in [6.45, 7) is 4.49. The second kappa shape index (κ2) is 7.81. The number of carbonyl (C=O) groups excluding carboxylic acids is 1. The van der Waals surface area contributed by atoms with Crippen LogP contribution in [0.15, 0.2) is 11.6 Å². The maximum absolute atomic E-state index is 11.8. The normalized spacial score (nSPS) is 21.3. The van der Waals surface area contributed by atoms with Gasteiger partial charge in [0, 0.05) is 20.6 Å². The summed E-state index contributed by atoms with van der Waals surface area (Å²) in [6.07, 6.45) is 8.77. The third-order valence-electron chi connectivity index (χ3n) is 3.87. The quantitative estimate of drug-likeness (QED) is 0.399. The topological polar surface area (TPSA) is 35.5 Å². The predicted molar refractivity (Wildman–Crippen MR) is 77.0 cm³/mol. The van der Waals surface area contributed by atoms with Crippen LogP contribution in [0.2, 0.25) is 0 Å². The minimum Gasteiger partial charge on any atom is -0.356 e. The van der Waals surface area contributed by atoms with Crippen molar-refractivity contribution in [3.05, 3.63) is 11.6 Å². The van der Waals surface area contributed by atoms with Crippen LogP contribution in [-0.2, 0) is 14.3 Å². The van der Waals surface area contributed by atoms with Crippen LogP contribution in [0.5, 0.6) is 0 Å². The number of carbonyl (C=O) groups is 1. The molecule has 3 heteroatoms. The molecular weight excluding hydrogens is 240 g/mol. The van der Waals surface area contributed by atoms with E-state index in [1.807, 2.05) is 0 Å². The van der Waals surface area contributed by atoms with Crippen LogP contribution in [0.4, 0.5) is 0 Å². The van der Waals surface area contributed by atoms with Crippen LogP contribution in [0, 0.1) is 5.41 Å². The van der Waals surface area contributed by atoms with E-state index in [-0.39, 0.29) is 11.7 Å². The van der Waals surface area contributed by atoms with Crippen LogP contribution in [-0.4, -0.2) is 26.3 Å². The Morgan fingerprint density at radius 3 is 2.58 bits per heavy atom. The molecule has 0 radical (unpaired) electrons. The van der Waals surface area contributed by atoms with Crippen molar-refractivity contribution in [1.29, 1.82) is 0 Å². The lowest BCUT2D eigenvalue weighted by Gasteiger charge is -2.30. The number of Topliss-reactive ketones (excluding diaryl/α,β-unsaturated/α-hetero) is 1. The van der Waals surface area contributed by atoms with Crippen molar-refractivity contribution in [3.8, 4) is 0 Å². The van der Waals surface area contributed by atoms with E-state index in [2.05, 4.69) is 19.9 Å². The zero-order chi connectivity index (χ0) is 14.3. The number of hydrogen-bond donors (Lipinski definition) is 0. The monoisotopic (exact) mass is 268 g/mol. The number of unbranched alkanes of at least 4 members (excludes halogenated alkanes) is 2. The highest BCUT2D eigenvalue weighted by Gasteiger charge is 2.28. The molecule has 0 amide bonds. The highest BCUT2D eigenvalue weighted by molar-refractivity contribution is 5.96. The van der Waals surface area contributed by atoms with Gasteiger partial charge in [-0.25, -0.2) is 0 Å². The van der Waals surface area contributed by atoms with Crippen LogP contribution in [0.25, 0.3) is 0 Å². The Bertz CT molecular complexity index is 314. The van der Waals surface area contributed by atoms with Gasteiger partial charge in [0.05, 0.1) is 0 Å². The fraction of sp³-hybridized carbons (Fsp3) is 0.812. The SMILES string of the molecule is COC(CCCC/C=C1/CC(C)(C)CCC1=O)OC. The predicted octanol–water partition coefficient (Wildman–Crippen LogP) is 3.87. The Morgan fingerprint density at radius 2 is 1.95 bits per heavy atom. The van der Waals surface area contributed by atoms with Gasteiger partial charge in [0.15, 0.2) is 12.1 Å². The number of methoxy groups -OCH3 is 2. The van der Waals surface area contributed by atoms with E-state index in [9.17, 15) is 4.79 Å². The van der Waals surface area contributed by atoms with Crippen molar-refractivity contribution >= 4 is 5.78 Å². The molecule has 0 N–H and O–H groups in total. The molecule has 3 nitrogen and oxygen atoms in total. The van der Waals surface area contributed by atoms with Crippen LogP contribution >= 0.6 is 0 Å². The summed E-state index contributed by atoms with van der Waals surface area (Å²) >= 11 is 0. The largest absolute Gasteiger partial charge is 0.356 e. The second-order valence-electron chi connectivity index (χ2n) is 6.18. The molecule has 1 fully saturated rings. The number of allylic oxidation sites excluding steroid dienone is 2. The fourth-order valence-electron chi connectivity index (χ4n) is 2.56. The third kappa shape index (κ3) is 5.87. The van der Waals surface area contributed by atoms with E-state index in [1.165, 1.54) is 0 Å². The summed E-state index contributed by atoms with van der Waals surface area (Å²) in [5.41, 5.74) is 1.34. The van der Waals surface area contributed by atoms with Gasteiger partial charge in [0.25, 0.3) is 0 Å². The highest BCUT2D eigenvalue weighted by Crippen LogP contribution is 2.36. The molecule has 1 saturated carbocycles. The molecule has 110 valence electrons. The van der Waals surface area contributed by atoms with Crippen molar-refractivity contribution in [2.24, 2.45) is 5.41 Å². The van der Waals surface area contributed by atoms with E-state index >= 15 is 0 Å². The lowest BCUT2D eigenvalue weighted by atomic mass is 9.74. The van der Waals surface area contributed by atoms with Crippen molar-refractivity contribution in [2.45, 2.75) is 65.1 Å². The summed E-state index contributed by atoms with van der Waals surface area (Å²) in [5.74, 6) is 0.353. The Morgan fingerprint density at radius 1 is 1.26 bits per heavy atom. The van der Waals surface area contributed by atoms with E-state index in [0.29, 0.717) is 12.2 Å². The third-order valence-corrected chi connectivity index (χ3v) is 3.87. The van der Waals surface area contributed by atoms with Crippen LogP contribution < -0.4 is 0 Å². The minimum atomic E-state index is -0.0945. The molecule has 0 aromatic heterocycles. The van der Waals surface area contributed by atoms with Gasteiger partial charge in [-0.1, -0.05) is 19.9 Å². The van der Waals surface area contributed by atoms with Crippen molar-refractivity contribution in [3.63, 3.8) is 0 Å². The molecule has 19 heavy (non-hydrogen) atoms. The summed E-state index contributed by atoms with van der Waals surface area (Å²) in [6, 6.07) is 0. The van der Waals surface area contributed by atoms with Crippen LogP contribution in [0.1, 0.15) is 58.8 Å². The molecule has 0 unspecified atom stereocenters. The van der Waals surface area contributed by atoms with Gasteiger partial charge >= 0.3 is 0 Å². The van der Waals surface area contributed by atoms with Gasteiger partial charge < -0.3 is 9.47 Å². The molecule has 1 aliphatic rings. The van der Waals surface area contributed by atoms with E-state index in [4.69, 9.17) is 9.47 Å². The molecule has 0 saturated heterocycles. The lowest BCUT2D eigenvalue weighted by Crippen LogP contribution is -2.23. The maximum Gasteiger partial charge on any atom is 0.158 e. The smallest absolute Gasteiger partial charge is 0.158 e. The number of ether oxygens (including phenoxy) is 2. The molecule has 0 aromatic carbocycles.